The minimum Gasteiger partial charge on any atom is -0.481 e. The van der Waals surface area contributed by atoms with E-state index in [-0.39, 0.29) is 12.3 Å². The van der Waals surface area contributed by atoms with Gasteiger partial charge >= 0.3 is 5.97 Å². The fourth-order valence-electron chi connectivity index (χ4n) is 1.84. The number of rotatable bonds is 4. The zero-order valence-electron chi connectivity index (χ0n) is 11.1. The standard InChI is InChI=1S/C16H15NO3/c1-11-5-7-13(8-6-11)16(20)17-14-4-2-3-12(9-14)10-15(18)19/h2-9H,10H2,1H3,(H,17,20)(H,18,19). The Morgan fingerprint density at radius 3 is 2.45 bits per heavy atom. The zero-order chi connectivity index (χ0) is 14.5. The maximum Gasteiger partial charge on any atom is 0.307 e. The van der Waals surface area contributed by atoms with Crippen LogP contribution in [0.1, 0.15) is 21.5 Å². The van der Waals surface area contributed by atoms with E-state index in [9.17, 15) is 9.59 Å². The summed E-state index contributed by atoms with van der Waals surface area (Å²) in [6.07, 6.45) is -0.0613. The molecule has 0 spiro atoms. The SMILES string of the molecule is Cc1ccc(C(=O)Nc2cccc(CC(=O)O)c2)cc1. The molecule has 0 saturated carbocycles. The Balaban J connectivity index is 2.11. The molecule has 2 aromatic rings. The van der Waals surface area contributed by atoms with Crippen LogP contribution in [0.4, 0.5) is 5.69 Å². The monoisotopic (exact) mass is 269 g/mol. The van der Waals surface area contributed by atoms with E-state index >= 15 is 0 Å². The van der Waals surface area contributed by atoms with E-state index in [1.54, 1.807) is 36.4 Å². The van der Waals surface area contributed by atoms with Crippen molar-refractivity contribution in [2.45, 2.75) is 13.3 Å². The second-order valence-electron chi connectivity index (χ2n) is 4.59. The van der Waals surface area contributed by atoms with E-state index in [4.69, 9.17) is 5.11 Å². The van der Waals surface area contributed by atoms with Crippen LogP contribution < -0.4 is 5.32 Å². The molecular weight excluding hydrogens is 254 g/mol. The summed E-state index contributed by atoms with van der Waals surface area (Å²) in [5.74, 6) is -1.11. The molecule has 20 heavy (non-hydrogen) atoms. The molecule has 0 bridgehead atoms. The number of hydrogen-bond donors (Lipinski definition) is 2. The number of aryl methyl sites for hydroxylation is 1. The Hall–Kier alpha value is -2.62. The topological polar surface area (TPSA) is 66.4 Å². The quantitative estimate of drug-likeness (QED) is 0.896. The van der Waals surface area contributed by atoms with Gasteiger partial charge in [0.1, 0.15) is 0 Å². The van der Waals surface area contributed by atoms with E-state index in [0.29, 0.717) is 16.8 Å². The minimum atomic E-state index is -0.896. The Morgan fingerprint density at radius 2 is 1.80 bits per heavy atom. The first-order valence-electron chi connectivity index (χ1n) is 6.23. The van der Waals surface area contributed by atoms with Gasteiger partial charge < -0.3 is 10.4 Å². The average Bonchev–Trinajstić information content (AvgIpc) is 2.39. The van der Waals surface area contributed by atoms with Crippen molar-refractivity contribution in [1.82, 2.24) is 0 Å². The lowest BCUT2D eigenvalue weighted by molar-refractivity contribution is -0.136. The smallest absolute Gasteiger partial charge is 0.307 e. The van der Waals surface area contributed by atoms with Gasteiger partial charge in [-0.2, -0.15) is 0 Å². The van der Waals surface area contributed by atoms with Gasteiger partial charge in [-0.15, -0.1) is 0 Å². The Morgan fingerprint density at radius 1 is 1.10 bits per heavy atom. The molecule has 0 aliphatic heterocycles. The molecule has 0 aliphatic rings. The van der Waals surface area contributed by atoms with Gasteiger partial charge in [-0.3, -0.25) is 9.59 Å². The van der Waals surface area contributed by atoms with Gasteiger partial charge in [0.15, 0.2) is 0 Å². The third-order valence-corrected chi connectivity index (χ3v) is 2.85. The number of anilines is 1. The van der Waals surface area contributed by atoms with Gasteiger partial charge in [-0.05, 0) is 36.8 Å². The highest BCUT2D eigenvalue weighted by Gasteiger charge is 2.07. The first kappa shape index (κ1) is 13.8. The molecule has 1 amide bonds. The van der Waals surface area contributed by atoms with Crippen molar-refractivity contribution in [3.63, 3.8) is 0 Å². The number of carboxylic acid groups (broad SMARTS) is 1. The normalized spacial score (nSPS) is 10.1. The Kier molecular flexibility index (Phi) is 4.15. The molecule has 0 fully saturated rings. The fourth-order valence-corrected chi connectivity index (χ4v) is 1.84. The van der Waals surface area contributed by atoms with Gasteiger partial charge in [0.05, 0.1) is 6.42 Å². The molecule has 0 unspecified atom stereocenters. The van der Waals surface area contributed by atoms with E-state index in [1.807, 2.05) is 19.1 Å². The molecule has 0 radical (unpaired) electrons. The van der Waals surface area contributed by atoms with Crippen LogP contribution in [0.3, 0.4) is 0 Å². The molecule has 0 aliphatic carbocycles. The number of benzene rings is 2. The van der Waals surface area contributed by atoms with Crippen LogP contribution in [0.25, 0.3) is 0 Å². The number of carbonyl (C=O) groups excluding carboxylic acids is 1. The van der Waals surface area contributed by atoms with Crippen LogP contribution in [-0.4, -0.2) is 17.0 Å². The van der Waals surface area contributed by atoms with Crippen LogP contribution in [0.15, 0.2) is 48.5 Å². The largest absolute Gasteiger partial charge is 0.481 e. The van der Waals surface area contributed by atoms with Crippen LogP contribution in [0, 0.1) is 6.92 Å². The second kappa shape index (κ2) is 6.02. The molecule has 0 atom stereocenters. The highest BCUT2D eigenvalue weighted by atomic mass is 16.4. The second-order valence-corrected chi connectivity index (χ2v) is 4.59. The summed E-state index contributed by atoms with van der Waals surface area (Å²) in [5, 5.41) is 11.5. The van der Waals surface area contributed by atoms with Crippen LogP contribution in [0.2, 0.25) is 0 Å². The van der Waals surface area contributed by atoms with Crippen molar-refractivity contribution in [2.24, 2.45) is 0 Å². The lowest BCUT2D eigenvalue weighted by Gasteiger charge is -2.07. The summed E-state index contributed by atoms with van der Waals surface area (Å²) >= 11 is 0. The third-order valence-electron chi connectivity index (χ3n) is 2.85. The zero-order valence-corrected chi connectivity index (χ0v) is 11.1. The van der Waals surface area contributed by atoms with E-state index in [0.717, 1.165) is 5.56 Å². The van der Waals surface area contributed by atoms with Gasteiger partial charge in [-0.25, -0.2) is 0 Å². The van der Waals surface area contributed by atoms with Gasteiger partial charge in [0.25, 0.3) is 5.91 Å². The number of nitrogens with one attached hydrogen (secondary N) is 1. The predicted octanol–water partition coefficient (Wildman–Crippen LogP) is 2.87. The summed E-state index contributed by atoms with van der Waals surface area (Å²) in [6.45, 7) is 1.96. The molecule has 0 aromatic heterocycles. The summed E-state index contributed by atoms with van der Waals surface area (Å²) in [6, 6.07) is 14.1. The summed E-state index contributed by atoms with van der Waals surface area (Å²) in [7, 11) is 0. The van der Waals surface area contributed by atoms with Gasteiger partial charge in [-0.1, -0.05) is 29.8 Å². The molecular formula is C16H15NO3. The van der Waals surface area contributed by atoms with Crippen molar-refractivity contribution in [1.29, 1.82) is 0 Å². The average molecular weight is 269 g/mol. The number of aliphatic carboxylic acids is 1. The molecule has 102 valence electrons. The number of carbonyl (C=O) groups is 2. The van der Waals surface area contributed by atoms with Crippen molar-refractivity contribution >= 4 is 17.6 Å². The van der Waals surface area contributed by atoms with Crippen molar-refractivity contribution in [3.05, 3.63) is 65.2 Å². The van der Waals surface area contributed by atoms with Gasteiger partial charge in [0.2, 0.25) is 0 Å². The van der Waals surface area contributed by atoms with E-state index in [1.165, 1.54) is 0 Å². The minimum absolute atomic E-state index is 0.0613. The molecule has 2 rings (SSSR count). The van der Waals surface area contributed by atoms with Crippen LogP contribution >= 0.6 is 0 Å². The number of amides is 1. The van der Waals surface area contributed by atoms with Crippen molar-refractivity contribution in [3.8, 4) is 0 Å². The van der Waals surface area contributed by atoms with Crippen molar-refractivity contribution in [2.75, 3.05) is 5.32 Å². The Labute approximate surface area is 117 Å². The highest BCUT2D eigenvalue weighted by molar-refractivity contribution is 6.04. The molecule has 4 heteroatoms. The van der Waals surface area contributed by atoms with Crippen molar-refractivity contribution < 1.29 is 14.7 Å². The first-order valence-corrected chi connectivity index (χ1v) is 6.23. The maximum atomic E-state index is 12.0. The molecule has 2 N–H and O–H groups in total. The van der Waals surface area contributed by atoms with Crippen LogP contribution in [-0.2, 0) is 11.2 Å². The number of carboxylic acids is 1. The summed E-state index contributed by atoms with van der Waals surface area (Å²) in [4.78, 5) is 22.7. The molecule has 0 saturated heterocycles. The first-order chi connectivity index (χ1) is 9.54. The Bertz CT molecular complexity index is 632. The molecule has 4 nitrogen and oxygen atoms in total. The fraction of sp³-hybridized carbons (Fsp3) is 0.125. The van der Waals surface area contributed by atoms with Gasteiger partial charge in [0, 0.05) is 11.3 Å². The number of hydrogen-bond acceptors (Lipinski definition) is 2. The molecule has 0 heterocycles. The van der Waals surface area contributed by atoms with E-state index < -0.39 is 5.97 Å². The maximum absolute atomic E-state index is 12.0. The van der Waals surface area contributed by atoms with E-state index in [2.05, 4.69) is 5.32 Å². The highest BCUT2D eigenvalue weighted by Crippen LogP contribution is 2.13. The third kappa shape index (κ3) is 3.68. The summed E-state index contributed by atoms with van der Waals surface area (Å²) < 4.78 is 0. The lowest BCUT2D eigenvalue weighted by Crippen LogP contribution is -2.12. The summed E-state index contributed by atoms with van der Waals surface area (Å²) in [5.41, 5.74) is 2.90. The predicted molar refractivity (Wildman–Crippen MR) is 76.9 cm³/mol. The lowest BCUT2D eigenvalue weighted by atomic mass is 10.1. The molecule has 2 aromatic carbocycles. The van der Waals surface area contributed by atoms with Crippen LogP contribution in [0.5, 0.6) is 0 Å².